The summed E-state index contributed by atoms with van der Waals surface area (Å²) in [6.07, 6.45) is 3.74. The maximum Gasteiger partial charge on any atom is 0.171 e. The van der Waals surface area contributed by atoms with Crippen LogP contribution in [-0.4, -0.2) is 24.1 Å². The van der Waals surface area contributed by atoms with Crippen LogP contribution in [0.2, 0.25) is 0 Å². The van der Waals surface area contributed by atoms with E-state index in [-0.39, 0.29) is 50.7 Å². The summed E-state index contributed by atoms with van der Waals surface area (Å²) < 4.78 is 0. The van der Waals surface area contributed by atoms with E-state index in [1.54, 1.807) is 24.3 Å². The minimum Gasteiger partial charge on any atom is -0.376 e. The summed E-state index contributed by atoms with van der Waals surface area (Å²) in [7, 11) is 0. The van der Waals surface area contributed by atoms with E-state index in [0.717, 1.165) is 32.3 Å². The van der Waals surface area contributed by atoms with E-state index in [9.17, 15) is 19.2 Å². The Morgan fingerprint density at radius 1 is 0.533 bits per heavy atom. The molecule has 30 heavy (non-hydrogen) atoms. The molecule has 0 heterocycles. The Balaban J connectivity index is 0.00000193. The monoisotopic (exact) mass is 463 g/mol. The Morgan fingerprint density at radius 3 is 1.37 bits per heavy atom. The Labute approximate surface area is 195 Å². The molecule has 0 aromatic heterocycles. The molecule has 139 valence electrons. The van der Waals surface area contributed by atoms with Gasteiger partial charge in [0.15, 0.2) is 11.6 Å². The molecule has 1 radical (unpaired) electrons. The van der Waals surface area contributed by atoms with E-state index in [0.29, 0.717) is 33.0 Å². The molecule has 0 bridgehead atoms. The largest absolute Gasteiger partial charge is 0.376 e. The second-order valence-electron chi connectivity index (χ2n) is 7.37. The first-order valence-electron chi connectivity index (χ1n) is 9.17. The van der Waals surface area contributed by atoms with Crippen LogP contribution in [0, 0.1) is 0 Å². The zero-order chi connectivity index (χ0) is 19.9. The van der Waals surface area contributed by atoms with Crippen LogP contribution >= 0.6 is 0 Å². The number of fused-ring (bicyclic) bond motifs is 2. The molecule has 1 aliphatic carbocycles. The van der Waals surface area contributed by atoms with Crippen LogP contribution in [-0.2, 0) is 42.3 Å². The third kappa shape index (κ3) is 2.23. The van der Waals surface area contributed by atoms with E-state index in [1.165, 1.54) is 0 Å². The number of rotatable bonds is 2. The SMILES string of the molecule is O=[C-]c1ccc2c3ccc4c5c(ccc(c6ccc([C-]=O)c1c26)c53)C(=O)CC4=O.[Y]. The molecule has 1 aliphatic rings. The first-order chi connectivity index (χ1) is 14.1. The molecule has 0 aliphatic heterocycles. The van der Waals surface area contributed by atoms with Gasteiger partial charge >= 0.3 is 0 Å². The Hall–Kier alpha value is -2.82. The van der Waals surface area contributed by atoms with Gasteiger partial charge in [-0.15, -0.1) is 28.6 Å². The van der Waals surface area contributed by atoms with Gasteiger partial charge in [-0.3, -0.25) is 9.59 Å². The van der Waals surface area contributed by atoms with Crippen molar-refractivity contribution < 1.29 is 51.9 Å². The molecule has 6 rings (SSSR count). The van der Waals surface area contributed by atoms with E-state index in [4.69, 9.17) is 0 Å². The van der Waals surface area contributed by atoms with Crippen molar-refractivity contribution in [3.8, 4) is 0 Å². The standard InChI is InChI=1S/C25H10O4.Y/c26-10-12-1-3-14-16-5-7-18-20(28)9-21(29)19-8-6-17(24(16)25(18)19)15-4-2-13(11-27)22(12)23(14)15;/h1-8H,9H2;/q-2;. The van der Waals surface area contributed by atoms with Crippen molar-refractivity contribution in [2.45, 2.75) is 6.42 Å². The minimum absolute atomic E-state index is 0. The van der Waals surface area contributed by atoms with Crippen molar-refractivity contribution in [1.29, 1.82) is 0 Å². The normalized spacial score (nSPS) is 13.3. The first-order valence-corrected chi connectivity index (χ1v) is 9.17. The number of hydrogen-bond acceptors (Lipinski definition) is 4. The van der Waals surface area contributed by atoms with Gasteiger partial charge in [-0.25, -0.2) is 0 Å². The maximum atomic E-state index is 12.5. The smallest absolute Gasteiger partial charge is 0.171 e. The van der Waals surface area contributed by atoms with Gasteiger partial charge in [0, 0.05) is 49.2 Å². The summed E-state index contributed by atoms with van der Waals surface area (Å²) in [4.78, 5) is 48.1. The summed E-state index contributed by atoms with van der Waals surface area (Å²) in [5.41, 5.74) is 1.75. The maximum absolute atomic E-state index is 12.5. The Bertz CT molecular complexity index is 1490. The second kappa shape index (κ2) is 6.59. The molecule has 5 aromatic carbocycles. The Kier molecular flexibility index (Phi) is 4.21. The molecule has 5 heteroatoms. The molecule has 0 saturated heterocycles. The van der Waals surface area contributed by atoms with Gasteiger partial charge in [-0.05, 0) is 26.9 Å². The summed E-state index contributed by atoms with van der Waals surface area (Å²) in [5, 5.41) is 6.33. The van der Waals surface area contributed by atoms with Crippen LogP contribution in [0.3, 0.4) is 0 Å². The molecular weight excluding hydrogens is 453 g/mol. The number of benzene rings is 5. The molecule has 0 N–H and O–H groups in total. The Morgan fingerprint density at radius 2 is 0.933 bits per heavy atom. The first kappa shape index (κ1) is 19.2. The van der Waals surface area contributed by atoms with Gasteiger partial charge in [0.05, 0.1) is 19.0 Å². The number of hydrogen-bond donors (Lipinski definition) is 0. The summed E-state index contributed by atoms with van der Waals surface area (Å²) in [5.74, 6) is -0.335. The van der Waals surface area contributed by atoms with Crippen LogP contribution in [0.4, 0.5) is 0 Å². The fraction of sp³-hybridized carbons (Fsp3) is 0.0400. The van der Waals surface area contributed by atoms with Crippen LogP contribution in [0.25, 0.3) is 43.1 Å². The molecule has 0 amide bonds. The van der Waals surface area contributed by atoms with Crippen molar-refractivity contribution >= 4 is 67.2 Å². The van der Waals surface area contributed by atoms with Crippen molar-refractivity contribution in [2.75, 3.05) is 0 Å². The van der Waals surface area contributed by atoms with E-state index in [1.807, 2.05) is 36.8 Å². The zero-order valence-corrected chi connectivity index (χ0v) is 18.4. The van der Waals surface area contributed by atoms with Gasteiger partial charge in [0.25, 0.3) is 0 Å². The average Bonchev–Trinajstić information content (AvgIpc) is 2.75. The molecule has 0 saturated carbocycles. The molecular formula is C25H10O4Y-2. The van der Waals surface area contributed by atoms with Crippen molar-refractivity contribution in [2.24, 2.45) is 0 Å². The molecule has 5 aromatic rings. The van der Waals surface area contributed by atoms with Crippen LogP contribution in [0.15, 0.2) is 48.5 Å². The van der Waals surface area contributed by atoms with Crippen LogP contribution < -0.4 is 0 Å². The minimum atomic E-state index is -0.168. The van der Waals surface area contributed by atoms with Gasteiger partial charge in [0.2, 0.25) is 0 Å². The van der Waals surface area contributed by atoms with E-state index in [2.05, 4.69) is 0 Å². The molecule has 0 spiro atoms. The summed E-state index contributed by atoms with van der Waals surface area (Å²) in [6.45, 7) is 0. The van der Waals surface area contributed by atoms with E-state index < -0.39 is 0 Å². The summed E-state index contributed by atoms with van der Waals surface area (Å²) >= 11 is 0. The average molecular weight is 463 g/mol. The zero-order valence-electron chi connectivity index (χ0n) is 15.5. The number of ketones is 2. The van der Waals surface area contributed by atoms with Crippen LogP contribution in [0.5, 0.6) is 0 Å². The van der Waals surface area contributed by atoms with Gasteiger partial charge in [0.1, 0.15) is 0 Å². The fourth-order valence-electron chi connectivity index (χ4n) is 4.86. The molecule has 0 atom stereocenters. The van der Waals surface area contributed by atoms with Gasteiger partial charge < -0.3 is 9.59 Å². The topological polar surface area (TPSA) is 68.3 Å². The third-order valence-electron chi connectivity index (χ3n) is 6.04. The predicted molar refractivity (Wildman–Crippen MR) is 111 cm³/mol. The number of carbonyl (C=O) groups is 2. The summed E-state index contributed by atoms with van der Waals surface area (Å²) in [6, 6.07) is 14.3. The van der Waals surface area contributed by atoms with Crippen molar-refractivity contribution in [1.82, 2.24) is 0 Å². The third-order valence-corrected chi connectivity index (χ3v) is 6.04. The van der Waals surface area contributed by atoms with Gasteiger partial charge in [-0.1, -0.05) is 29.7 Å². The molecule has 4 nitrogen and oxygen atoms in total. The molecule has 0 unspecified atom stereocenters. The van der Waals surface area contributed by atoms with Crippen molar-refractivity contribution in [3.63, 3.8) is 0 Å². The van der Waals surface area contributed by atoms with Crippen LogP contribution in [0.1, 0.15) is 38.3 Å². The molecule has 0 fully saturated rings. The number of carbonyl (C=O) groups excluding carboxylic acids is 4. The van der Waals surface area contributed by atoms with E-state index >= 15 is 0 Å². The van der Waals surface area contributed by atoms with Crippen molar-refractivity contribution in [3.05, 3.63) is 70.8 Å². The quantitative estimate of drug-likeness (QED) is 0.168. The number of Topliss-reactive ketones (excluding diaryl/α,β-unsaturated/α-hetero) is 2. The van der Waals surface area contributed by atoms with Gasteiger partial charge in [-0.2, -0.15) is 12.1 Å². The second-order valence-corrected chi connectivity index (χ2v) is 7.37. The predicted octanol–water partition coefficient (Wildman–Crippen LogP) is 4.42. The fourth-order valence-corrected chi connectivity index (χ4v) is 4.86.